The van der Waals surface area contributed by atoms with E-state index in [4.69, 9.17) is 0 Å². The van der Waals surface area contributed by atoms with E-state index in [1.165, 1.54) is 15.4 Å². The van der Waals surface area contributed by atoms with Gasteiger partial charge in [-0.2, -0.15) is 17.4 Å². The maximum absolute atomic E-state index is 12.0. The Hall–Kier alpha value is -0.660. The topological polar surface area (TPSA) is 61.4 Å². The van der Waals surface area contributed by atoms with E-state index in [9.17, 15) is 8.42 Å². The molecule has 0 atom stereocenters. The molecule has 0 radical (unpaired) electrons. The number of benzene rings is 1. The number of hydrogen-bond donors (Lipinski definition) is 2. The summed E-state index contributed by atoms with van der Waals surface area (Å²) >= 11 is 0. The summed E-state index contributed by atoms with van der Waals surface area (Å²) in [5, 5.41) is 3.29. The fourth-order valence-corrected chi connectivity index (χ4v) is 3.92. The first-order valence-electron chi connectivity index (χ1n) is 6.71. The van der Waals surface area contributed by atoms with Crippen LogP contribution in [0.15, 0.2) is 18.2 Å². The molecule has 2 aliphatic heterocycles. The fourth-order valence-electron chi connectivity index (χ4n) is 2.65. The lowest BCUT2D eigenvalue weighted by molar-refractivity contribution is 0.464. The van der Waals surface area contributed by atoms with Crippen molar-refractivity contribution in [2.75, 3.05) is 13.1 Å². The SMILES string of the molecule is Cl.O=S(=O)(NCc1ccc2c(c1)CNC2)N1CCCC1. The molecule has 1 saturated heterocycles. The van der Waals surface area contributed by atoms with Crippen molar-refractivity contribution in [1.82, 2.24) is 14.3 Å². The molecule has 2 heterocycles. The molecule has 20 heavy (non-hydrogen) atoms. The molecule has 1 fully saturated rings. The summed E-state index contributed by atoms with van der Waals surface area (Å²) in [6.07, 6.45) is 1.93. The predicted octanol–water partition coefficient (Wildman–Crippen LogP) is 1.14. The minimum atomic E-state index is -3.30. The van der Waals surface area contributed by atoms with Crippen molar-refractivity contribution in [3.8, 4) is 0 Å². The van der Waals surface area contributed by atoms with E-state index in [0.717, 1.165) is 31.5 Å². The Morgan fingerprint density at radius 1 is 1.15 bits per heavy atom. The van der Waals surface area contributed by atoms with E-state index >= 15 is 0 Å². The third kappa shape index (κ3) is 3.32. The van der Waals surface area contributed by atoms with E-state index in [1.807, 2.05) is 6.07 Å². The number of hydrogen-bond acceptors (Lipinski definition) is 3. The van der Waals surface area contributed by atoms with Crippen LogP contribution >= 0.6 is 12.4 Å². The van der Waals surface area contributed by atoms with Crippen LogP contribution in [0, 0.1) is 0 Å². The van der Waals surface area contributed by atoms with Crippen molar-refractivity contribution in [3.05, 3.63) is 34.9 Å². The summed E-state index contributed by atoms with van der Waals surface area (Å²) < 4.78 is 28.3. The van der Waals surface area contributed by atoms with Crippen molar-refractivity contribution < 1.29 is 8.42 Å². The van der Waals surface area contributed by atoms with Gasteiger partial charge in [-0.3, -0.25) is 0 Å². The number of nitrogens with zero attached hydrogens (tertiary/aromatic N) is 1. The number of halogens is 1. The molecule has 0 saturated carbocycles. The molecule has 7 heteroatoms. The average molecular weight is 318 g/mol. The first kappa shape index (κ1) is 15.7. The number of nitrogens with one attached hydrogen (secondary N) is 2. The van der Waals surface area contributed by atoms with Gasteiger partial charge >= 0.3 is 0 Å². The summed E-state index contributed by atoms with van der Waals surface area (Å²) in [6, 6.07) is 6.16. The Morgan fingerprint density at radius 2 is 1.85 bits per heavy atom. The highest BCUT2D eigenvalue weighted by molar-refractivity contribution is 7.87. The second kappa shape index (κ2) is 6.41. The van der Waals surface area contributed by atoms with Crippen LogP contribution in [0.4, 0.5) is 0 Å². The lowest BCUT2D eigenvalue weighted by atomic mass is 10.1. The highest BCUT2D eigenvalue weighted by Crippen LogP contribution is 2.17. The summed E-state index contributed by atoms with van der Waals surface area (Å²) in [5.41, 5.74) is 3.61. The molecular formula is C13H20ClN3O2S. The first-order valence-corrected chi connectivity index (χ1v) is 8.15. The molecule has 112 valence electrons. The molecule has 0 unspecified atom stereocenters. The van der Waals surface area contributed by atoms with Crippen molar-refractivity contribution in [2.24, 2.45) is 0 Å². The van der Waals surface area contributed by atoms with Gasteiger partial charge in [-0.1, -0.05) is 18.2 Å². The van der Waals surface area contributed by atoms with Gasteiger partial charge < -0.3 is 5.32 Å². The Labute approximate surface area is 126 Å². The Kier molecular flexibility index (Phi) is 5.04. The van der Waals surface area contributed by atoms with Crippen LogP contribution in [0.3, 0.4) is 0 Å². The lowest BCUT2D eigenvalue weighted by Gasteiger charge is -2.16. The minimum absolute atomic E-state index is 0. The van der Waals surface area contributed by atoms with Crippen molar-refractivity contribution in [3.63, 3.8) is 0 Å². The zero-order chi connectivity index (χ0) is 13.3. The summed E-state index contributed by atoms with van der Waals surface area (Å²) in [4.78, 5) is 0. The van der Waals surface area contributed by atoms with Crippen LogP contribution in [0.5, 0.6) is 0 Å². The van der Waals surface area contributed by atoms with Gasteiger partial charge in [-0.15, -0.1) is 12.4 Å². The summed E-state index contributed by atoms with van der Waals surface area (Å²) in [6.45, 7) is 3.44. The van der Waals surface area contributed by atoms with E-state index in [1.54, 1.807) is 0 Å². The first-order chi connectivity index (χ1) is 9.15. The Morgan fingerprint density at radius 3 is 2.60 bits per heavy atom. The normalized spacial score (nSPS) is 18.8. The second-order valence-electron chi connectivity index (χ2n) is 5.14. The molecule has 0 amide bonds. The Balaban J connectivity index is 0.00000147. The second-order valence-corrected chi connectivity index (χ2v) is 6.89. The zero-order valence-corrected chi connectivity index (χ0v) is 12.9. The zero-order valence-electron chi connectivity index (χ0n) is 11.3. The number of fused-ring (bicyclic) bond motifs is 1. The van der Waals surface area contributed by atoms with E-state index in [0.29, 0.717) is 19.6 Å². The van der Waals surface area contributed by atoms with Gasteiger partial charge in [-0.25, -0.2) is 0 Å². The maximum Gasteiger partial charge on any atom is 0.279 e. The third-order valence-corrected chi connectivity index (χ3v) is 5.32. The quantitative estimate of drug-likeness (QED) is 0.875. The molecule has 2 aliphatic rings. The molecule has 0 bridgehead atoms. The van der Waals surface area contributed by atoms with Crippen LogP contribution in [-0.2, 0) is 29.8 Å². The van der Waals surface area contributed by atoms with Crippen molar-refractivity contribution >= 4 is 22.6 Å². The molecular weight excluding hydrogens is 298 g/mol. The predicted molar refractivity (Wildman–Crippen MR) is 80.8 cm³/mol. The molecule has 2 N–H and O–H groups in total. The van der Waals surface area contributed by atoms with E-state index in [2.05, 4.69) is 22.2 Å². The van der Waals surface area contributed by atoms with Crippen LogP contribution < -0.4 is 10.0 Å². The minimum Gasteiger partial charge on any atom is -0.309 e. The smallest absolute Gasteiger partial charge is 0.279 e. The van der Waals surface area contributed by atoms with Gasteiger partial charge in [-0.05, 0) is 29.5 Å². The van der Waals surface area contributed by atoms with Crippen LogP contribution in [-0.4, -0.2) is 25.8 Å². The van der Waals surface area contributed by atoms with Gasteiger partial charge in [0.15, 0.2) is 0 Å². The van der Waals surface area contributed by atoms with Gasteiger partial charge in [0, 0.05) is 32.7 Å². The monoisotopic (exact) mass is 317 g/mol. The van der Waals surface area contributed by atoms with Gasteiger partial charge in [0.25, 0.3) is 10.2 Å². The highest BCUT2D eigenvalue weighted by atomic mass is 35.5. The lowest BCUT2D eigenvalue weighted by Crippen LogP contribution is -2.38. The third-order valence-electron chi connectivity index (χ3n) is 3.77. The van der Waals surface area contributed by atoms with Gasteiger partial charge in [0.1, 0.15) is 0 Å². The van der Waals surface area contributed by atoms with Crippen LogP contribution in [0.2, 0.25) is 0 Å². The summed E-state index contributed by atoms with van der Waals surface area (Å²) in [5.74, 6) is 0. The molecule has 0 aliphatic carbocycles. The number of rotatable bonds is 4. The standard InChI is InChI=1S/C13H19N3O2S.ClH/c17-19(18,16-5-1-2-6-16)15-8-11-3-4-12-9-14-10-13(12)7-11;/h3-4,7,14-15H,1-2,5-6,8-10H2;1H. The fraction of sp³-hybridized carbons (Fsp3) is 0.538. The average Bonchev–Trinajstić information content (AvgIpc) is 3.07. The van der Waals surface area contributed by atoms with Gasteiger partial charge in [0.2, 0.25) is 0 Å². The molecule has 5 nitrogen and oxygen atoms in total. The molecule has 1 aromatic carbocycles. The molecule has 0 aromatic heterocycles. The maximum atomic E-state index is 12.0. The van der Waals surface area contributed by atoms with E-state index < -0.39 is 10.2 Å². The molecule has 0 spiro atoms. The highest BCUT2D eigenvalue weighted by Gasteiger charge is 2.24. The van der Waals surface area contributed by atoms with E-state index in [-0.39, 0.29) is 12.4 Å². The summed E-state index contributed by atoms with van der Waals surface area (Å²) in [7, 11) is -3.30. The largest absolute Gasteiger partial charge is 0.309 e. The molecule has 3 rings (SSSR count). The van der Waals surface area contributed by atoms with Crippen LogP contribution in [0.25, 0.3) is 0 Å². The van der Waals surface area contributed by atoms with Crippen LogP contribution in [0.1, 0.15) is 29.5 Å². The molecule has 1 aromatic rings. The Bertz CT molecular complexity index is 571. The van der Waals surface area contributed by atoms with Crippen molar-refractivity contribution in [2.45, 2.75) is 32.5 Å². The van der Waals surface area contributed by atoms with Crippen molar-refractivity contribution in [1.29, 1.82) is 0 Å². The van der Waals surface area contributed by atoms with Gasteiger partial charge in [0.05, 0.1) is 0 Å².